The summed E-state index contributed by atoms with van der Waals surface area (Å²) in [6.45, 7) is 0. The van der Waals surface area contributed by atoms with Gasteiger partial charge in [-0.3, -0.25) is 4.79 Å². The second-order valence-corrected chi connectivity index (χ2v) is 2.91. The highest BCUT2D eigenvalue weighted by Gasteiger charge is 1.98. The van der Waals surface area contributed by atoms with Crippen LogP contribution >= 0.6 is 0 Å². The van der Waals surface area contributed by atoms with Crippen molar-refractivity contribution in [3.63, 3.8) is 0 Å². The zero-order valence-corrected chi connectivity index (χ0v) is 7.20. The van der Waals surface area contributed by atoms with E-state index in [-0.39, 0.29) is 6.42 Å². The Morgan fingerprint density at radius 2 is 1.83 bits per heavy atom. The molecule has 0 radical (unpaired) electrons. The number of unbranched alkanes of at least 4 members (excludes halogenated alkanes) is 3. The van der Waals surface area contributed by atoms with E-state index in [0.717, 1.165) is 25.7 Å². The minimum atomic E-state index is -0.742. The first-order chi connectivity index (χ1) is 5.63. The largest absolute Gasteiger partial charge is 0.481 e. The standard InChI is InChI=1S/C8H17NO3/c9-7(10)5-3-1-2-4-6-8(11)12/h7,10H,1-6,9H2,(H,11,12). The van der Waals surface area contributed by atoms with Crippen LogP contribution in [-0.4, -0.2) is 22.4 Å². The first kappa shape index (κ1) is 11.4. The Kier molecular flexibility index (Phi) is 6.70. The van der Waals surface area contributed by atoms with Crippen LogP contribution in [-0.2, 0) is 4.79 Å². The molecule has 0 saturated carbocycles. The van der Waals surface area contributed by atoms with E-state index in [9.17, 15) is 4.79 Å². The van der Waals surface area contributed by atoms with Gasteiger partial charge in [-0.1, -0.05) is 12.8 Å². The lowest BCUT2D eigenvalue weighted by Crippen LogP contribution is -2.17. The molecule has 1 unspecified atom stereocenters. The molecule has 0 aromatic rings. The van der Waals surface area contributed by atoms with Gasteiger partial charge in [0.1, 0.15) is 6.23 Å². The minimum Gasteiger partial charge on any atom is -0.481 e. The molecule has 0 aliphatic rings. The Morgan fingerprint density at radius 3 is 2.33 bits per heavy atom. The molecule has 0 bridgehead atoms. The fraction of sp³-hybridized carbons (Fsp3) is 0.875. The Labute approximate surface area is 72.4 Å². The topological polar surface area (TPSA) is 83.5 Å². The number of carboxylic acids is 1. The number of hydrogen-bond acceptors (Lipinski definition) is 3. The average Bonchev–Trinajstić information content (AvgIpc) is 1.95. The van der Waals surface area contributed by atoms with E-state index in [1.165, 1.54) is 0 Å². The minimum absolute atomic E-state index is 0.241. The van der Waals surface area contributed by atoms with Crippen molar-refractivity contribution in [1.29, 1.82) is 0 Å². The molecule has 0 spiro atoms. The van der Waals surface area contributed by atoms with Gasteiger partial charge >= 0.3 is 5.97 Å². The van der Waals surface area contributed by atoms with Gasteiger partial charge in [-0.2, -0.15) is 0 Å². The second kappa shape index (κ2) is 7.06. The van der Waals surface area contributed by atoms with Crippen LogP contribution in [0.4, 0.5) is 0 Å². The zero-order chi connectivity index (χ0) is 9.40. The lowest BCUT2D eigenvalue weighted by atomic mass is 10.1. The number of hydrogen-bond donors (Lipinski definition) is 3. The van der Waals surface area contributed by atoms with Gasteiger partial charge < -0.3 is 15.9 Å². The quantitative estimate of drug-likeness (QED) is 0.392. The Morgan fingerprint density at radius 1 is 1.25 bits per heavy atom. The maximum absolute atomic E-state index is 10.1. The molecular formula is C8H17NO3. The maximum Gasteiger partial charge on any atom is 0.303 e. The van der Waals surface area contributed by atoms with E-state index < -0.39 is 12.2 Å². The number of aliphatic hydroxyl groups is 1. The maximum atomic E-state index is 10.1. The smallest absolute Gasteiger partial charge is 0.303 e. The molecular weight excluding hydrogens is 158 g/mol. The van der Waals surface area contributed by atoms with Gasteiger partial charge in [-0.15, -0.1) is 0 Å². The van der Waals surface area contributed by atoms with Crippen LogP contribution in [0.25, 0.3) is 0 Å². The number of carboxylic acid groups (broad SMARTS) is 1. The highest BCUT2D eigenvalue weighted by molar-refractivity contribution is 5.66. The summed E-state index contributed by atoms with van der Waals surface area (Å²) < 4.78 is 0. The van der Waals surface area contributed by atoms with Crippen LogP contribution in [0.2, 0.25) is 0 Å². The van der Waals surface area contributed by atoms with Crippen LogP contribution in [0, 0.1) is 0 Å². The van der Waals surface area contributed by atoms with E-state index in [1.54, 1.807) is 0 Å². The molecule has 4 nitrogen and oxygen atoms in total. The lowest BCUT2D eigenvalue weighted by molar-refractivity contribution is -0.137. The summed E-state index contributed by atoms with van der Waals surface area (Å²) in [7, 11) is 0. The number of nitrogens with two attached hydrogens (primary N) is 1. The lowest BCUT2D eigenvalue weighted by Gasteiger charge is -2.02. The molecule has 1 atom stereocenters. The molecule has 0 heterocycles. The van der Waals surface area contributed by atoms with Crippen LogP contribution in [0.15, 0.2) is 0 Å². The van der Waals surface area contributed by atoms with Crippen molar-refractivity contribution >= 4 is 5.97 Å². The average molecular weight is 175 g/mol. The Balaban J connectivity index is 2.96. The summed E-state index contributed by atoms with van der Waals surface area (Å²) in [5.41, 5.74) is 5.12. The SMILES string of the molecule is NC(O)CCCCCCC(=O)O. The molecule has 0 saturated heterocycles. The summed E-state index contributed by atoms with van der Waals surface area (Å²) in [6, 6.07) is 0. The summed E-state index contributed by atoms with van der Waals surface area (Å²) >= 11 is 0. The third kappa shape index (κ3) is 9.39. The van der Waals surface area contributed by atoms with Crippen molar-refractivity contribution in [3.05, 3.63) is 0 Å². The fourth-order valence-electron chi connectivity index (χ4n) is 0.983. The number of aliphatic hydroxyl groups excluding tert-OH is 1. The predicted molar refractivity (Wildman–Crippen MR) is 45.5 cm³/mol. The molecule has 0 aliphatic heterocycles. The number of aliphatic carboxylic acids is 1. The molecule has 0 fully saturated rings. The fourth-order valence-corrected chi connectivity index (χ4v) is 0.983. The highest BCUT2D eigenvalue weighted by Crippen LogP contribution is 2.05. The Bertz CT molecular complexity index is 125. The predicted octanol–water partition coefficient (Wildman–Crippen LogP) is 0.689. The van der Waals surface area contributed by atoms with Gasteiger partial charge in [0.05, 0.1) is 0 Å². The van der Waals surface area contributed by atoms with E-state index in [1.807, 2.05) is 0 Å². The van der Waals surface area contributed by atoms with Crippen LogP contribution in [0.3, 0.4) is 0 Å². The molecule has 0 aromatic heterocycles. The van der Waals surface area contributed by atoms with Crippen molar-refractivity contribution in [2.45, 2.75) is 44.8 Å². The summed E-state index contributed by atoms with van der Waals surface area (Å²) in [5, 5.41) is 17.0. The van der Waals surface area contributed by atoms with Gasteiger partial charge in [-0.25, -0.2) is 0 Å². The first-order valence-corrected chi connectivity index (χ1v) is 4.28. The van der Waals surface area contributed by atoms with Gasteiger partial charge in [0.2, 0.25) is 0 Å². The van der Waals surface area contributed by atoms with E-state index in [0.29, 0.717) is 6.42 Å². The van der Waals surface area contributed by atoms with Crippen molar-refractivity contribution in [2.75, 3.05) is 0 Å². The van der Waals surface area contributed by atoms with E-state index in [4.69, 9.17) is 15.9 Å². The van der Waals surface area contributed by atoms with Crippen LogP contribution in [0.1, 0.15) is 38.5 Å². The summed E-state index contributed by atoms with van der Waals surface area (Å²) in [6.07, 6.45) is 3.57. The molecule has 0 rings (SSSR count). The van der Waals surface area contributed by atoms with Crippen LogP contribution in [0.5, 0.6) is 0 Å². The summed E-state index contributed by atoms with van der Waals surface area (Å²) in [5.74, 6) is -0.742. The molecule has 0 amide bonds. The van der Waals surface area contributed by atoms with Crippen LogP contribution < -0.4 is 5.73 Å². The second-order valence-electron chi connectivity index (χ2n) is 2.91. The van der Waals surface area contributed by atoms with Crippen molar-refractivity contribution < 1.29 is 15.0 Å². The number of rotatable bonds is 7. The van der Waals surface area contributed by atoms with Gasteiger partial charge in [0.25, 0.3) is 0 Å². The van der Waals surface area contributed by atoms with Gasteiger partial charge in [0.15, 0.2) is 0 Å². The first-order valence-electron chi connectivity index (χ1n) is 4.28. The van der Waals surface area contributed by atoms with Crippen molar-refractivity contribution in [3.8, 4) is 0 Å². The Hall–Kier alpha value is -0.610. The van der Waals surface area contributed by atoms with Crippen molar-refractivity contribution in [1.82, 2.24) is 0 Å². The molecule has 12 heavy (non-hydrogen) atoms. The third-order valence-corrected chi connectivity index (χ3v) is 1.64. The molecule has 0 aliphatic carbocycles. The van der Waals surface area contributed by atoms with E-state index in [2.05, 4.69) is 0 Å². The monoisotopic (exact) mass is 175 g/mol. The normalized spacial score (nSPS) is 12.8. The van der Waals surface area contributed by atoms with Gasteiger partial charge in [-0.05, 0) is 19.3 Å². The highest BCUT2D eigenvalue weighted by atomic mass is 16.4. The molecule has 4 N–H and O–H groups in total. The summed E-state index contributed by atoms with van der Waals surface area (Å²) in [4.78, 5) is 10.1. The van der Waals surface area contributed by atoms with E-state index >= 15 is 0 Å². The van der Waals surface area contributed by atoms with Gasteiger partial charge in [0, 0.05) is 6.42 Å². The molecule has 4 heteroatoms. The molecule has 72 valence electrons. The third-order valence-electron chi connectivity index (χ3n) is 1.64. The number of carbonyl (C=O) groups is 1. The van der Waals surface area contributed by atoms with Crippen molar-refractivity contribution in [2.24, 2.45) is 5.73 Å². The zero-order valence-electron chi connectivity index (χ0n) is 7.20. The molecule has 0 aromatic carbocycles.